The number of halogens is 1. The van der Waals surface area contributed by atoms with Crippen molar-refractivity contribution in [3.05, 3.63) is 59.2 Å². The van der Waals surface area contributed by atoms with Gasteiger partial charge in [-0.3, -0.25) is 4.98 Å². The van der Waals surface area contributed by atoms with E-state index in [9.17, 15) is 0 Å². The van der Waals surface area contributed by atoms with Crippen LogP contribution < -0.4 is 4.74 Å². The lowest BCUT2D eigenvalue weighted by molar-refractivity contribution is 0.345. The number of rotatable bonds is 3. The largest absolute Gasteiger partial charge is 0.492 e. The Morgan fingerprint density at radius 1 is 1.10 bits per heavy atom. The van der Waals surface area contributed by atoms with E-state index in [0.717, 1.165) is 27.8 Å². The average Bonchev–Trinajstić information content (AvgIpc) is 2.48. The molecule has 0 bridgehead atoms. The number of hydrogen-bond donors (Lipinski definition) is 0. The highest BCUT2D eigenvalue weighted by Gasteiger charge is 2.12. The molecule has 1 heterocycles. The molecule has 0 atom stereocenters. The zero-order valence-electron chi connectivity index (χ0n) is 12.1. The van der Waals surface area contributed by atoms with Gasteiger partial charge in [-0.25, -0.2) is 0 Å². The first-order chi connectivity index (χ1) is 10.2. The second-order valence-electron chi connectivity index (χ2n) is 4.96. The van der Waals surface area contributed by atoms with E-state index in [1.165, 1.54) is 5.56 Å². The number of nitrogens with zero attached hydrogens (tertiary/aromatic N) is 1. The van der Waals surface area contributed by atoms with Gasteiger partial charge in [-0.15, -0.1) is 0 Å². The van der Waals surface area contributed by atoms with Crippen LogP contribution in [-0.2, 0) is 0 Å². The topological polar surface area (TPSA) is 22.1 Å². The van der Waals surface area contributed by atoms with Crippen molar-refractivity contribution in [2.75, 3.05) is 6.61 Å². The van der Waals surface area contributed by atoms with E-state index in [0.29, 0.717) is 11.6 Å². The minimum atomic E-state index is 0.612. The second-order valence-corrected chi connectivity index (χ2v) is 5.40. The summed E-state index contributed by atoms with van der Waals surface area (Å²) in [6, 6.07) is 14.1. The van der Waals surface area contributed by atoms with Gasteiger partial charge in [0, 0.05) is 22.2 Å². The molecule has 2 aromatic carbocycles. The van der Waals surface area contributed by atoms with Crippen LogP contribution in [0, 0.1) is 6.92 Å². The highest BCUT2D eigenvalue weighted by molar-refractivity contribution is 6.31. The summed E-state index contributed by atoms with van der Waals surface area (Å²) in [5, 5.41) is 1.67. The number of pyridine rings is 1. The van der Waals surface area contributed by atoms with Crippen LogP contribution in [0.1, 0.15) is 12.5 Å². The van der Waals surface area contributed by atoms with Gasteiger partial charge in [0.2, 0.25) is 0 Å². The molecule has 0 amide bonds. The monoisotopic (exact) mass is 297 g/mol. The van der Waals surface area contributed by atoms with Crippen molar-refractivity contribution in [3.8, 4) is 16.9 Å². The lowest BCUT2D eigenvalue weighted by Crippen LogP contribution is -1.97. The molecule has 0 aliphatic carbocycles. The fourth-order valence-electron chi connectivity index (χ4n) is 2.38. The summed E-state index contributed by atoms with van der Waals surface area (Å²) in [5.74, 6) is 0.864. The third-order valence-corrected chi connectivity index (χ3v) is 3.67. The molecule has 0 aliphatic rings. The molecule has 0 saturated heterocycles. The van der Waals surface area contributed by atoms with Crippen molar-refractivity contribution in [2.45, 2.75) is 13.8 Å². The summed E-state index contributed by atoms with van der Waals surface area (Å²) in [7, 11) is 0. The van der Waals surface area contributed by atoms with Crippen LogP contribution in [-0.4, -0.2) is 11.6 Å². The van der Waals surface area contributed by atoms with E-state index in [1.54, 1.807) is 0 Å². The van der Waals surface area contributed by atoms with E-state index >= 15 is 0 Å². The van der Waals surface area contributed by atoms with Crippen molar-refractivity contribution in [3.63, 3.8) is 0 Å². The Hall–Kier alpha value is -2.06. The molecule has 3 heteroatoms. The van der Waals surface area contributed by atoms with Gasteiger partial charge < -0.3 is 4.74 Å². The maximum absolute atomic E-state index is 6.04. The Bertz CT molecular complexity index is 781. The maximum Gasteiger partial charge on any atom is 0.138 e. The normalized spacial score (nSPS) is 10.8. The van der Waals surface area contributed by atoms with Gasteiger partial charge in [0.15, 0.2) is 0 Å². The Labute approximate surface area is 129 Å². The number of aromatic nitrogens is 1. The van der Waals surface area contributed by atoms with Crippen molar-refractivity contribution < 1.29 is 4.74 Å². The van der Waals surface area contributed by atoms with Gasteiger partial charge in [-0.05, 0) is 37.6 Å². The van der Waals surface area contributed by atoms with Gasteiger partial charge in [0.05, 0.1) is 12.1 Å². The molecule has 106 valence electrons. The van der Waals surface area contributed by atoms with Crippen molar-refractivity contribution >= 4 is 22.5 Å². The summed E-state index contributed by atoms with van der Waals surface area (Å²) in [4.78, 5) is 4.52. The van der Waals surface area contributed by atoms with E-state index in [4.69, 9.17) is 16.3 Å². The van der Waals surface area contributed by atoms with Crippen molar-refractivity contribution in [2.24, 2.45) is 0 Å². The lowest BCUT2D eigenvalue weighted by Gasteiger charge is -2.13. The summed E-state index contributed by atoms with van der Waals surface area (Å²) in [6.45, 7) is 4.68. The van der Waals surface area contributed by atoms with E-state index in [2.05, 4.69) is 36.2 Å². The van der Waals surface area contributed by atoms with Crippen molar-refractivity contribution in [1.29, 1.82) is 0 Å². The Morgan fingerprint density at radius 3 is 2.57 bits per heavy atom. The standard InChI is InChI=1S/C18H16ClNO/c1-3-21-18-15-9-8-14(19)10-17(15)20-11-16(18)13-6-4-12(2)5-7-13/h4-11H,3H2,1-2H3. The van der Waals surface area contributed by atoms with Crippen LogP contribution in [0.4, 0.5) is 0 Å². The predicted molar refractivity (Wildman–Crippen MR) is 88.1 cm³/mol. The molecule has 0 spiro atoms. The first kappa shape index (κ1) is 13.9. The first-order valence-electron chi connectivity index (χ1n) is 6.97. The molecule has 2 nitrogen and oxygen atoms in total. The fourth-order valence-corrected chi connectivity index (χ4v) is 2.55. The van der Waals surface area contributed by atoms with Crippen LogP contribution in [0.5, 0.6) is 5.75 Å². The summed E-state index contributed by atoms with van der Waals surface area (Å²) < 4.78 is 5.89. The molecular weight excluding hydrogens is 282 g/mol. The van der Waals surface area contributed by atoms with E-state index < -0.39 is 0 Å². The third-order valence-electron chi connectivity index (χ3n) is 3.43. The van der Waals surface area contributed by atoms with Crippen LogP contribution in [0.3, 0.4) is 0 Å². The summed E-state index contributed by atoms with van der Waals surface area (Å²) >= 11 is 6.04. The van der Waals surface area contributed by atoms with Gasteiger partial charge in [-0.1, -0.05) is 41.4 Å². The number of aryl methyl sites for hydroxylation is 1. The van der Waals surface area contributed by atoms with Gasteiger partial charge in [0.25, 0.3) is 0 Å². The van der Waals surface area contributed by atoms with Crippen molar-refractivity contribution in [1.82, 2.24) is 4.98 Å². The molecule has 0 unspecified atom stereocenters. The number of benzene rings is 2. The molecule has 0 N–H and O–H groups in total. The molecule has 0 radical (unpaired) electrons. The number of ether oxygens (including phenoxy) is 1. The minimum Gasteiger partial charge on any atom is -0.492 e. The van der Waals surface area contributed by atoms with Gasteiger partial charge in [0.1, 0.15) is 5.75 Å². The minimum absolute atomic E-state index is 0.612. The molecule has 3 rings (SSSR count). The average molecular weight is 298 g/mol. The Balaban J connectivity index is 2.24. The molecule has 0 fully saturated rings. The fraction of sp³-hybridized carbons (Fsp3) is 0.167. The summed E-state index contributed by atoms with van der Waals surface area (Å²) in [5.41, 5.74) is 4.19. The van der Waals surface area contributed by atoms with Crippen LogP contribution in [0.2, 0.25) is 5.02 Å². The molecular formula is C18H16ClNO. The smallest absolute Gasteiger partial charge is 0.138 e. The highest BCUT2D eigenvalue weighted by atomic mass is 35.5. The third kappa shape index (κ3) is 2.72. The maximum atomic E-state index is 6.04. The zero-order chi connectivity index (χ0) is 14.8. The Kier molecular flexibility index (Phi) is 3.80. The first-order valence-corrected chi connectivity index (χ1v) is 7.35. The summed E-state index contributed by atoms with van der Waals surface area (Å²) in [6.07, 6.45) is 1.86. The molecule has 21 heavy (non-hydrogen) atoms. The molecule has 0 saturated carbocycles. The quantitative estimate of drug-likeness (QED) is 0.657. The number of fused-ring (bicyclic) bond motifs is 1. The second kappa shape index (κ2) is 5.74. The van der Waals surface area contributed by atoms with Crippen LogP contribution >= 0.6 is 11.6 Å². The molecule has 0 aliphatic heterocycles. The van der Waals surface area contributed by atoms with Crippen LogP contribution in [0.25, 0.3) is 22.0 Å². The predicted octanol–water partition coefficient (Wildman–Crippen LogP) is 5.26. The van der Waals surface area contributed by atoms with Crippen LogP contribution in [0.15, 0.2) is 48.7 Å². The lowest BCUT2D eigenvalue weighted by atomic mass is 10.0. The van der Waals surface area contributed by atoms with E-state index in [1.807, 2.05) is 31.3 Å². The van der Waals surface area contributed by atoms with Gasteiger partial charge >= 0.3 is 0 Å². The van der Waals surface area contributed by atoms with E-state index in [-0.39, 0.29) is 0 Å². The Morgan fingerprint density at radius 2 is 1.86 bits per heavy atom. The number of hydrogen-bond acceptors (Lipinski definition) is 2. The highest BCUT2D eigenvalue weighted by Crippen LogP contribution is 2.36. The molecule has 1 aromatic heterocycles. The SMILES string of the molecule is CCOc1c(-c2ccc(C)cc2)cnc2cc(Cl)ccc12. The zero-order valence-corrected chi connectivity index (χ0v) is 12.8. The molecule has 3 aromatic rings. The van der Waals surface area contributed by atoms with Gasteiger partial charge in [-0.2, -0.15) is 0 Å².